The first-order chi connectivity index (χ1) is 16.5. The fraction of sp³-hybridized carbons (Fsp3) is 0.346. The minimum atomic E-state index is -3.41. The van der Waals surface area contributed by atoms with Gasteiger partial charge in [0.15, 0.2) is 0 Å². The number of carbonyl (C=O) groups excluding carboxylic acids is 1. The molecule has 176 valence electrons. The highest BCUT2D eigenvalue weighted by Crippen LogP contribution is 2.44. The fourth-order valence-corrected chi connectivity index (χ4v) is 8.37. The molecule has 1 aromatic heterocycles. The SMILES string of the molecule is O=C(NC1c2ccccc2-c2ccccc21)N1CCC2(CCN(S(=O)(=O)c3cccs3)CC2)C1. The number of sulfonamides is 1. The van der Waals surface area contributed by atoms with Gasteiger partial charge in [-0.15, -0.1) is 11.3 Å². The molecule has 0 bridgehead atoms. The quantitative estimate of drug-likeness (QED) is 0.575. The van der Waals surface area contributed by atoms with Crippen molar-refractivity contribution >= 4 is 27.4 Å². The Labute approximate surface area is 204 Å². The number of nitrogens with zero attached hydrogens (tertiary/aromatic N) is 2. The number of nitrogens with one attached hydrogen (secondary N) is 1. The zero-order chi connectivity index (χ0) is 23.3. The molecule has 34 heavy (non-hydrogen) atoms. The van der Waals surface area contributed by atoms with Crippen LogP contribution in [0, 0.1) is 5.41 Å². The van der Waals surface area contributed by atoms with E-state index in [4.69, 9.17) is 0 Å². The number of rotatable bonds is 3. The summed E-state index contributed by atoms with van der Waals surface area (Å²) in [5, 5.41) is 5.09. The van der Waals surface area contributed by atoms with E-state index in [1.54, 1.807) is 21.8 Å². The normalized spacial score (nSPS) is 19.8. The average molecular weight is 494 g/mol. The highest BCUT2D eigenvalue weighted by Gasteiger charge is 2.44. The van der Waals surface area contributed by atoms with Crippen LogP contribution in [0.1, 0.15) is 36.4 Å². The van der Waals surface area contributed by atoms with E-state index in [1.165, 1.54) is 22.5 Å². The maximum absolute atomic E-state index is 13.3. The Hall–Kier alpha value is -2.68. The van der Waals surface area contributed by atoms with E-state index in [0.29, 0.717) is 30.4 Å². The van der Waals surface area contributed by atoms with E-state index in [9.17, 15) is 13.2 Å². The predicted molar refractivity (Wildman–Crippen MR) is 133 cm³/mol. The third kappa shape index (κ3) is 3.56. The number of urea groups is 1. The lowest BCUT2D eigenvalue weighted by atomic mass is 9.78. The number of thiophene rings is 1. The second-order valence-electron chi connectivity index (χ2n) is 9.56. The molecular formula is C26H27N3O3S2. The molecule has 2 aromatic carbocycles. The molecule has 3 aromatic rings. The summed E-state index contributed by atoms with van der Waals surface area (Å²) in [5.41, 5.74) is 4.64. The van der Waals surface area contributed by atoms with Crippen LogP contribution in [-0.4, -0.2) is 49.8 Å². The molecule has 2 saturated heterocycles. The van der Waals surface area contributed by atoms with Crippen LogP contribution >= 0.6 is 11.3 Å². The Morgan fingerprint density at radius 3 is 2.12 bits per heavy atom. The number of hydrogen-bond donors (Lipinski definition) is 1. The number of hydrogen-bond acceptors (Lipinski definition) is 4. The monoisotopic (exact) mass is 493 g/mol. The van der Waals surface area contributed by atoms with Gasteiger partial charge in [-0.05, 0) is 58.4 Å². The molecule has 8 heteroatoms. The van der Waals surface area contributed by atoms with Crippen molar-refractivity contribution in [1.29, 1.82) is 0 Å². The van der Waals surface area contributed by atoms with Crippen molar-refractivity contribution in [2.75, 3.05) is 26.2 Å². The first-order valence-corrected chi connectivity index (χ1v) is 14.1. The van der Waals surface area contributed by atoms with E-state index in [1.807, 2.05) is 29.2 Å². The van der Waals surface area contributed by atoms with Gasteiger partial charge >= 0.3 is 6.03 Å². The van der Waals surface area contributed by atoms with Gasteiger partial charge in [0.2, 0.25) is 0 Å². The topological polar surface area (TPSA) is 69.7 Å². The predicted octanol–water partition coefficient (Wildman–Crippen LogP) is 4.70. The summed E-state index contributed by atoms with van der Waals surface area (Å²) in [7, 11) is -3.41. The fourth-order valence-electron chi connectivity index (χ4n) is 5.78. The summed E-state index contributed by atoms with van der Waals surface area (Å²) in [6.07, 6.45) is 2.50. The maximum atomic E-state index is 13.3. The molecule has 3 aliphatic rings. The van der Waals surface area contributed by atoms with E-state index >= 15 is 0 Å². The van der Waals surface area contributed by atoms with Crippen molar-refractivity contribution < 1.29 is 13.2 Å². The van der Waals surface area contributed by atoms with Crippen LogP contribution < -0.4 is 5.32 Å². The van der Waals surface area contributed by atoms with Crippen LogP contribution in [0.2, 0.25) is 0 Å². The Kier molecular flexibility index (Phi) is 5.28. The molecule has 3 heterocycles. The molecule has 1 spiro atoms. The third-order valence-electron chi connectivity index (χ3n) is 7.70. The number of fused-ring (bicyclic) bond motifs is 3. The molecule has 6 rings (SSSR count). The molecule has 6 nitrogen and oxygen atoms in total. The standard InChI is InChI=1S/C26H27N3O3S2/c30-25(27-24-21-8-3-1-6-19(21)20-7-2-4-9-22(20)24)28-14-11-26(18-28)12-15-29(16-13-26)34(31,32)23-10-5-17-33-23/h1-10,17,24H,11-16,18H2,(H,27,30). The van der Waals surface area contributed by atoms with E-state index in [0.717, 1.165) is 30.4 Å². The van der Waals surface area contributed by atoms with Crippen LogP contribution in [0.3, 0.4) is 0 Å². The second-order valence-corrected chi connectivity index (χ2v) is 12.7. The molecule has 2 amide bonds. The Morgan fingerprint density at radius 1 is 0.882 bits per heavy atom. The molecule has 0 unspecified atom stereocenters. The molecular weight excluding hydrogens is 466 g/mol. The Bertz CT molecular complexity index is 1280. The summed E-state index contributed by atoms with van der Waals surface area (Å²) in [4.78, 5) is 15.3. The summed E-state index contributed by atoms with van der Waals surface area (Å²) in [5.74, 6) is 0. The lowest BCUT2D eigenvalue weighted by molar-refractivity contribution is 0.154. The van der Waals surface area contributed by atoms with Crippen molar-refractivity contribution in [3.05, 3.63) is 77.2 Å². The van der Waals surface area contributed by atoms with E-state index in [2.05, 4.69) is 29.6 Å². The smallest absolute Gasteiger partial charge is 0.318 e. The molecule has 1 N–H and O–H groups in total. The molecule has 1 aliphatic carbocycles. The lowest BCUT2D eigenvalue weighted by Crippen LogP contribution is -2.46. The van der Waals surface area contributed by atoms with Gasteiger partial charge in [0, 0.05) is 26.2 Å². The van der Waals surface area contributed by atoms with Crippen LogP contribution in [0.4, 0.5) is 4.79 Å². The molecule has 2 aliphatic heterocycles. The van der Waals surface area contributed by atoms with Crippen molar-refractivity contribution in [3.63, 3.8) is 0 Å². The van der Waals surface area contributed by atoms with Crippen LogP contribution in [0.5, 0.6) is 0 Å². The van der Waals surface area contributed by atoms with Crippen molar-refractivity contribution in [3.8, 4) is 11.1 Å². The Morgan fingerprint density at radius 2 is 1.50 bits per heavy atom. The van der Waals surface area contributed by atoms with Gasteiger partial charge in [-0.25, -0.2) is 13.2 Å². The summed E-state index contributed by atoms with van der Waals surface area (Å²) < 4.78 is 27.8. The number of amides is 2. The second kappa shape index (κ2) is 8.22. The minimum absolute atomic E-state index is 0.00427. The highest BCUT2D eigenvalue weighted by molar-refractivity contribution is 7.91. The van der Waals surface area contributed by atoms with Crippen LogP contribution in [0.15, 0.2) is 70.3 Å². The average Bonchev–Trinajstić information content (AvgIpc) is 3.60. The maximum Gasteiger partial charge on any atom is 0.318 e. The lowest BCUT2D eigenvalue weighted by Gasteiger charge is -2.38. The van der Waals surface area contributed by atoms with Crippen molar-refractivity contribution in [2.45, 2.75) is 29.5 Å². The first-order valence-electron chi connectivity index (χ1n) is 11.7. The van der Waals surface area contributed by atoms with E-state index in [-0.39, 0.29) is 17.5 Å². The molecule has 0 saturated carbocycles. The van der Waals surface area contributed by atoms with E-state index < -0.39 is 10.0 Å². The third-order valence-corrected chi connectivity index (χ3v) is 11.0. The first kappa shape index (κ1) is 21.8. The van der Waals surface area contributed by atoms with Crippen LogP contribution in [-0.2, 0) is 10.0 Å². The number of benzene rings is 2. The zero-order valence-corrected chi connectivity index (χ0v) is 20.4. The summed E-state index contributed by atoms with van der Waals surface area (Å²) >= 11 is 1.27. The summed E-state index contributed by atoms with van der Waals surface area (Å²) in [6.45, 7) is 2.42. The van der Waals surface area contributed by atoms with Crippen LogP contribution in [0.25, 0.3) is 11.1 Å². The largest absolute Gasteiger partial charge is 0.327 e. The van der Waals surface area contributed by atoms with Gasteiger partial charge in [-0.3, -0.25) is 0 Å². The highest BCUT2D eigenvalue weighted by atomic mass is 32.2. The Balaban J connectivity index is 1.13. The van der Waals surface area contributed by atoms with Gasteiger partial charge in [-0.2, -0.15) is 4.31 Å². The van der Waals surface area contributed by atoms with Crippen molar-refractivity contribution in [2.24, 2.45) is 5.41 Å². The van der Waals surface area contributed by atoms with Gasteiger partial charge in [0.05, 0.1) is 6.04 Å². The zero-order valence-electron chi connectivity index (χ0n) is 18.8. The molecule has 0 radical (unpaired) electrons. The van der Waals surface area contributed by atoms with Gasteiger partial charge < -0.3 is 10.2 Å². The summed E-state index contributed by atoms with van der Waals surface area (Å²) in [6, 6.07) is 19.8. The van der Waals surface area contributed by atoms with Gasteiger partial charge in [-0.1, -0.05) is 54.6 Å². The number of likely N-dealkylation sites (tertiary alicyclic amines) is 1. The number of carbonyl (C=O) groups is 1. The van der Waals surface area contributed by atoms with Gasteiger partial charge in [0.1, 0.15) is 4.21 Å². The van der Waals surface area contributed by atoms with Crippen molar-refractivity contribution in [1.82, 2.24) is 14.5 Å². The number of piperidine rings is 1. The minimum Gasteiger partial charge on any atom is -0.327 e. The molecule has 2 fully saturated rings. The molecule has 0 atom stereocenters. The van der Waals surface area contributed by atoms with Gasteiger partial charge in [0.25, 0.3) is 10.0 Å².